The molecule has 1 aliphatic carbocycles. The number of oxime groups is 1. The zero-order valence-electron chi connectivity index (χ0n) is 10.3. The highest BCUT2D eigenvalue weighted by Crippen LogP contribution is 2.28. The van der Waals surface area contributed by atoms with Crippen molar-refractivity contribution in [2.45, 2.75) is 18.9 Å². The van der Waals surface area contributed by atoms with Crippen LogP contribution in [0.1, 0.15) is 18.4 Å². The van der Waals surface area contributed by atoms with Crippen molar-refractivity contribution in [2.75, 3.05) is 18.5 Å². The Hall–Kier alpha value is -1.82. The van der Waals surface area contributed by atoms with Crippen LogP contribution in [-0.2, 0) is 0 Å². The van der Waals surface area contributed by atoms with Crippen LogP contribution in [0.15, 0.2) is 23.5 Å². The summed E-state index contributed by atoms with van der Waals surface area (Å²) < 4.78 is 0. The van der Waals surface area contributed by atoms with Gasteiger partial charge in [0, 0.05) is 25.4 Å². The quantitative estimate of drug-likeness (QED) is 0.311. The van der Waals surface area contributed by atoms with E-state index in [0.29, 0.717) is 11.5 Å². The molecule has 0 bridgehead atoms. The molecule has 1 aromatic rings. The fraction of sp³-hybridized carbons (Fsp3) is 0.500. The Morgan fingerprint density at radius 1 is 1.56 bits per heavy atom. The van der Waals surface area contributed by atoms with Gasteiger partial charge in [0.2, 0.25) is 0 Å². The topological polar surface area (TPSA) is 95.0 Å². The fourth-order valence-corrected chi connectivity index (χ4v) is 2.15. The SMILES string of the molecule is CN(CC1CC(O)C1)c1ccc(C(N)=NO)cn1. The van der Waals surface area contributed by atoms with E-state index < -0.39 is 0 Å². The molecule has 1 fully saturated rings. The van der Waals surface area contributed by atoms with Crippen LogP contribution in [0.3, 0.4) is 0 Å². The highest BCUT2D eigenvalue weighted by molar-refractivity contribution is 5.96. The number of anilines is 1. The lowest BCUT2D eigenvalue weighted by molar-refractivity contribution is 0.0464. The lowest BCUT2D eigenvalue weighted by Crippen LogP contribution is -2.37. The molecular formula is C12H18N4O2. The minimum atomic E-state index is -0.126. The average Bonchev–Trinajstić information content (AvgIpc) is 2.36. The van der Waals surface area contributed by atoms with E-state index in [4.69, 9.17) is 10.9 Å². The zero-order chi connectivity index (χ0) is 13.1. The molecule has 0 unspecified atom stereocenters. The first-order valence-electron chi connectivity index (χ1n) is 5.93. The zero-order valence-corrected chi connectivity index (χ0v) is 10.3. The van der Waals surface area contributed by atoms with E-state index in [1.54, 1.807) is 12.3 Å². The number of pyridine rings is 1. The molecule has 0 saturated heterocycles. The number of rotatable bonds is 4. The molecule has 18 heavy (non-hydrogen) atoms. The Labute approximate surface area is 106 Å². The van der Waals surface area contributed by atoms with Crippen LogP contribution >= 0.6 is 0 Å². The van der Waals surface area contributed by atoms with Crippen LogP contribution in [-0.4, -0.2) is 40.8 Å². The van der Waals surface area contributed by atoms with Gasteiger partial charge in [0.15, 0.2) is 5.84 Å². The van der Waals surface area contributed by atoms with E-state index in [1.807, 2.05) is 18.0 Å². The maximum absolute atomic E-state index is 9.24. The van der Waals surface area contributed by atoms with Crippen LogP contribution in [0.25, 0.3) is 0 Å². The van der Waals surface area contributed by atoms with Crippen LogP contribution < -0.4 is 10.6 Å². The highest BCUT2D eigenvalue weighted by Gasteiger charge is 2.28. The Balaban J connectivity index is 1.96. The monoisotopic (exact) mass is 250 g/mol. The summed E-state index contributed by atoms with van der Waals surface area (Å²) in [6, 6.07) is 3.60. The predicted molar refractivity (Wildman–Crippen MR) is 68.7 cm³/mol. The number of amidine groups is 1. The molecule has 0 atom stereocenters. The molecule has 6 nitrogen and oxygen atoms in total. The first-order valence-corrected chi connectivity index (χ1v) is 5.93. The number of aliphatic hydroxyl groups is 1. The third-order valence-electron chi connectivity index (χ3n) is 3.29. The van der Waals surface area contributed by atoms with Crippen molar-refractivity contribution >= 4 is 11.7 Å². The van der Waals surface area contributed by atoms with E-state index in [9.17, 15) is 5.11 Å². The van der Waals surface area contributed by atoms with Gasteiger partial charge < -0.3 is 20.9 Å². The number of nitrogens with two attached hydrogens (primary N) is 1. The Kier molecular flexibility index (Phi) is 3.66. The largest absolute Gasteiger partial charge is 0.409 e. The third-order valence-corrected chi connectivity index (χ3v) is 3.29. The average molecular weight is 250 g/mol. The maximum Gasteiger partial charge on any atom is 0.171 e. The van der Waals surface area contributed by atoms with Crippen molar-refractivity contribution in [1.82, 2.24) is 4.98 Å². The van der Waals surface area contributed by atoms with Crippen molar-refractivity contribution in [3.8, 4) is 0 Å². The summed E-state index contributed by atoms with van der Waals surface area (Å²) in [5.74, 6) is 1.43. The minimum absolute atomic E-state index is 0.0545. The molecule has 1 aromatic heterocycles. The second-order valence-electron chi connectivity index (χ2n) is 4.76. The van der Waals surface area contributed by atoms with Crippen LogP contribution in [0.4, 0.5) is 5.82 Å². The van der Waals surface area contributed by atoms with E-state index in [1.165, 1.54) is 0 Å². The van der Waals surface area contributed by atoms with Gasteiger partial charge >= 0.3 is 0 Å². The first kappa shape index (κ1) is 12.6. The molecule has 1 aliphatic rings. The Morgan fingerprint density at radius 2 is 2.28 bits per heavy atom. The number of nitrogens with zero attached hydrogens (tertiary/aromatic N) is 3. The van der Waals surface area contributed by atoms with Crippen molar-refractivity contribution < 1.29 is 10.3 Å². The number of hydrogen-bond donors (Lipinski definition) is 3. The molecule has 1 heterocycles. The van der Waals surface area contributed by atoms with Gasteiger partial charge in [-0.25, -0.2) is 4.98 Å². The van der Waals surface area contributed by atoms with Crippen molar-refractivity contribution in [1.29, 1.82) is 0 Å². The lowest BCUT2D eigenvalue weighted by Gasteiger charge is -2.34. The van der Waals surface area contributed by atoms with Crippen molar-refractivity contribution in [3.05, 3.63) is 23.9 Å². The van der Waals surface area contributed by atoms with Gasteiger partial charge in [-0.3, -0.25) is 0 Å². The summed E-state index contributed by atoms with van der Waals surface area (Å²) in [6.07, 6.45) is 3.19. The van der Waals surface area contributed by atoms with Crippen molar-refractivity contribution in [3.63, 3.8) is 0 Å². The lowest BCUT2D eigenvalue weighted by atomic mass is 9.82. The van der Waals surface area contributed by atoms with Gasteiger partial charge in [0.05, 0.1) is 6.10 Å². The number of hydrogen-bond acceptors (Lipinski definition) is 5. The smallest absolute Gasteiger partial charge is 0.171 e. The minimum Gasteiger partial charge on any atom is -0.409 e. The van der Waals surface area contributed by atoms with Crippen LogP contribution in [0.2, 0.25) is 0 Å². The van der Waals surface area contributed by atoms with Crippen molar-refractivity contribution in [2.24, 2.45) is 16.8 Å². The molecule has 0 spiro atoms. The molecule has 2 rings (SSSR count). The predicted octanol–water partition coefficient (Wildman–Crippen LogP) is 0.383. The summed E-state index contributed by atoms with van der Waals surface area (Å²) in [4.78, 5) is 6.32. The molecule has 98 valence electrons. The Bertz CT molecular complexity index is 426. The normalized spacial score (nSPS) is 23.6. The Morgan fingerprint density at radius 3 is 2.78 bits per heavy atom. The van der Waals surface area contributed by atoms with Gasteiger partial charge in [-0.15, -0.1) is 0 Å². The summed E-state index contributed by atoms with van der Waals surface area (Å²) in [7, 11) is 1.97. The van der Waals surface area contributed by atoms with E-state index in [-0.39, 0.29) is 11.9 Å². The van der Waals surface area contributed by atoms with Gasteiger partial charge in [0.1, 0.15) is 5.82 Å². The molecule has 0 amide bonds. The summed E-state index contributed by atoms with van der Waals surface area (Å²) in [6.45, 7) is 0.882. The van der Waals surface area contributed by atoms with Gasteiger partial charge in [-0.05, 0) is 30.9 Å². The molecule has 4 N–H and O–H groups in total. The third kappa shape index (κ3) is 2.70. The molecule has 1 saturated carbocycles. The molecule has 0 aromatic carbocycles. The molecule has 6 heteroatoms. The molecule has 0 radical (unpaired) electrons. The molecule has 0 aliphatic heterocycles. The summed E-state index contributed by atoms with van der Waals surface area (Å²) in [5.41, 5.74) is 6.06. The molecular weight excluding hydrogens is 232 g/mol. The van der Waals surface area contributed by atoms with Gasteiger partial charge in [-0.1, -0.05) is 5.16 Å². The van der Waals surface area contributed by atoms with Crippen LogP contribution in [0.5, 0.6) is 0 Å². The van der Waals surface area contributed by atoms with E-state index in [0.717, 1.165) is 25.2 Å². The summed E-state index contributed by atoms with van der Waals surface area (Å²) >= 11 is 0. The summed E-state index contributed by atoms with van der Waals surface area (Å²) in [5, 5.41) is 20.7. The standard InChI is InChI=1S/C12H18N4O2/c1-16(7-8-4-10(17)5-8)11-3-2-9(6-14-11)12(13)15-18/h2-3,6,8,10,17-18H,4-5,7H2,1H3,(H2,13,15). The second kappa shape index (κ2) is 5.22. The highest BCUT2D eigenvalue weighted by atomic mass is 16.4. The fourth-order valence-electron chi connectivity index (χ4n) is 2.15. The van der Waals surface area contributed by atoms with E-state index >= 15 is 0 Å². The maximum atomic E-state index is 9.24. The number of aliphatic hydroxyl groups excluding tert-OH is 1. The number of aromatic nitrogens is 1. The van der Waals surface area contributed by atoms with E-state index in [2.05, 4.69) is 10.1 Å². The first-order chi connectivity index (χ1) is 8.60. The van der Waals surface area contributed by atoms with Gasteiger partial charge in [0.25, 0.3) is 0 Å². The van der Waals surface area contributed by atoms with Gasteiger partial charge in [-0.2, -0.15) is 0 Å². The van der Waals surface area contributed by atoms with Crippen LogP contribution in [0, 0.1) is 5.92 Å². The second-order valence-corrected chi connectivity index (χ2v) is 4.76.